The first-order valence-electron chi connectivity index (χ1n) is 13.4. The molecule has 0 unspecified atom stereocenters. The van der Waals surface area contributed by atoms with Gasteiger partial charge in [-0.1, -0.05) is 57.9 Å². The topological polar surface area (TPSA) is 95.6 Å². The van der Waals surface area contributed by atoms with Gasteiger partial charge in [-0.05, 0) is 78.8 Å². The number of hydrogen-bond donors (Lipinski definition) is 2. The fraction of sp³-hybridized carbons (Fsp3) is 0.355. The Morgan fingerprint density at radius 3 is 1.85 bits per heavy atom. The van der Waals surface area contributed by atoms with Crippen LogP contribution in [0.3, 0.4) is 0 Å². The lowest BCUT2D eigenvalue weighted by Crippen LogP contribution is -2.32. The van der Waals surface area contributed by atoms with E-state index in [0.717, 1.165) is 31.2 Å². The second kappa shape index (κ2) is 11.7. The summed E-state index contributed by atoms with van der Waals surface area (Å²) in [7, 11) is -3.70. The van der Waals surface area contributed by atoms with Crippen molar-refractivity contribution in [2.75, 3.05) is 23.7 Å². The van der Waals surface area contributed by atoms with E-state index in [4.69, 9.17) is 0 Å². The molecule has 2 N–H and O–H groups in total. The van der Waals surface area contributed by atoms with Crippen molar-refractivity contribution in [1.29, 1.82) is 0 Å². The molecule has 1 saturated heterocycles. The molecule has 0 saturated carbocycles. The van der Waals surface area contributed by atoms with E-state index in [0.29, 0.717) is 35.6 Å². The van der Waals surface area contributed by atoms with Crippen LogP contribution < -0.4 is 10.6 Å². The summed E-state index contributed by atoms with van der Waals surface area (Å²) in [6.45, 7) is 9.10. The summed E-state index contributed by atoms with van der Waals surface area (Å²) in [5, 5.41) is 5.70. The number of carbonyl (C=O) groups excluding carboxylic acids is 2. The van der Waals surface area contributed by atoms with Crippen molar-refractivity contribution in [3.05, 3.63) is 89.0 Å². The first-order chi connectivity index (χ1) is 18.4. The Bertz CT molecular complexity index is 1450. The van der Waals surface area contributed by atoms with Crippen LogP contribution >= 0.6 is 0 Å². The van der Waals surface area contributed by atoms with Gasteiger partial charge >= 0.3 is 0 Å². The molecule has 1 aliphatic rings. The maximum atomic E-state index is 13.4. The maximum Gasteiger partial charge on any atom is 0.255 e. The predicted octanol–water partition coefficient (Wildman–Crippen LogP) is 6.36. The summed E-state index contributed by atoms with van der Waals surface area (Å²) in [5.74, 6) is -0.676. The summed E-state index contributed by atoms with van der Waals surface area (Å²) in [4.78, 5) is 26.0. The van der Waals surface area contributed by atoms with Gasteiger partial charge in [0.25, 0.3) is 11.8 Å². The number of rotatable bonds is 6. The van der Waals surface area contributed by atoms with Crippen LogP contribution in [0.15, 0.2) is 71.6 Å². The van der Waals surface area contributed by atoms with Gasteiger partial charge < -0.3 is 10.6 Å². The molecule has 0 aliphatic carbocycles. The minimum Gasteiger partial charge on any atom is -0.322 e. The van der Waals surface area contributed by atoms with Gasteiger partial charge in [0.1, 0.15) is 0 Å². The quantitative estimate of drug-likeness (QED) is 0.375. The van der Waals surface area contributed by atoms with E-state index in [9.17, 15) is 18.0 Å². The van der Waals surface area contributed by atoms with Crippen LogP contribution in [0.25, 0.3) is 0 Å². The molecule has 3 aromatic carbocycles. The Morgan fingerprint density at radius 1 is 0.744 bits per heavy atom. The first kappa shape index (κ1) is 28.5. The molecule has 0 bridgehead atoms. The molecule has 0 spiro atoms. The average molecular weight is 548 g/mol. The fourth-order valence-corrected chi connectivity index (χ4v) is 6.41. The second-order valence-corrected chi connectivity index (χ2v) is 13.0. The molecule has 4 rings (SSSR count). The predicted molar refractivity (Wildman–Crippen MR) is 156 cm³/mol. The van der Waals surface area contributed by atoms with E-state index in [1.165, 1.54) is 10.4 Å². The highest BCUT2D eigenvalue weighted by atomic mass is 32.2. The lowest BCUT2D eigenvalue weighted by atomic mass is 9.87. The Morgan fingerprint density at radius 2 is 1.28 bits per heavy atom. The number of carbonyl (C=O) groups is 2. The number of nitrogens with one attached hydrogen (secondary N) is 2. The van der Waals surface area contributed by atoms with Crippen molar-refractivity contribution in [2.24, 2.45) is 0 Å². The third-order valence-corrected chi connectivity index (χ3v) is 9.07. The minimum absolute atomic E-state index is 0.00311. The zero-order valence-electron chi connectivity index (χ0n) is 23.1. The van der Waals surface area contributed by atoms with Crippen molar-refractivity contribution in [2.45, 2.75) is 63.7 Å². The highest BCUT2D eigenvalue weighted by molar-refractivity contribution is 7.89. The Balaban J connectivity index is 1.47. The van der Waals surface area contributed by atoms with Crippen LogP contribution in [-0.4, -0.2) is 37.6 Å². The van der Waals surface area contributed by atoms with Crippen molar-refractivity contribution in [1.82, 2.24) is 4.31 Å². The lowest BCUT2D eigenvalue weighted by Gasteiger charge is -2.21. The van der Waals surface area contributed by atoms with Gasteiger partial charge in [-0.25, -0.2) is 8.42 Å². The third-order valence-electron chi connectivity index (χ3n) is 7.02. The molecule has 206 valence electrons. The molecule has 0 atom stereocenters. The minimum atomic E-state index is -3.70. The molecule has 1 fully saturated rings. The van der Waals surface area contributed by atoms with Gasteiger partial charge in [0.2, 0.25) is 10.0 Å². The number of benzene rings is 3. The average Bonchev–Trinajstić information content (AvgIpc) is 3.19. The normalized spacial score (nSPS) is 14.9. The SMILES string of the molecule is Cc1ccc(C(=O)Nc2cccc(NC(=O)c3ccc(C(C)(C)C)cc3)c2)cc1S(=O)(=O)N1CCCCCC1. The van der Waals surface area contributed by atoms with Crippen molar-refractivity contribution in [3.63, 3.8) is 0 Å². The number of nitrogens with zero attached hydrogens (tertiary/aromatic N) is 1. The van der Waals surface area contributed by atoms with Gasteiger partial charge in [0.05, 0.1) is 4.90 Å². The third kappa shape index (κ3) is 6.94. The summed E-state index contributed by atoms with van der Waals surface area (Å²) in [6, 6.07) is 19.1. The molecule has 3 aromatic rings. The number of aryl methyl sites for hydroxylation is 1. The monoisotopic (exact) mass is 547 g/mol. The molecule has 0 aromatic heterocycles. The van der Waals surface area contributed by atoms with E-state index in [1.54, 1.807) is 55.5 Å². The second-order valence-electron chi connectivity index (χ2n) is 11.1. The standard InChI is InChI=1S/C31H37N3O4S/c1-22-12-13-24(20-28(22)39(37,38)34-18-7-5-6-8-19-34)30(36)33-27-11-9-10-26(21-27)32-29(35)23-14-16-25(17-15-23)31(2,3)4/h9-17,20-21H,5-8,18-19H2,1-4H3,(H,32,35)(H,33,36). The molecular weight excluding hydrogens is 510 g/mol. The maximum absolute atomic E-state index is 13.4. The lowest BCUT2D eigenvalue weighted by molar-refractivity contribution is 0.101. The van der Waals surface area contributed by atoms with Gasteiger partial charge in [-0.3, -0.25) is 9.59 Å². The number of hydrogen-bond acceptors (Lipinski definition) is 4. The van der Waals surface area contributed by atoms with Gasteiger partial charge in [0.15, 0.2) is 0 Å². The van der Waals surface area contributed by atoms with Crippen molar-refractivity contribution >= 4 is 33.2 Å². The molecule has 1 heterocycles. The van der Waals surface area contributed by atoms with E-state index in [-0.39, 0.29) is 21.8 Å². The summed E-state index contributed by atoms with van der Waals surface area (Å²) < 4.78 is 28.3. The molecule has 1 aliphatic heterocycles. The highest BCUT2D eigenvalue weighted by Gasteiger charge is 2.27. The smallest absolute Gasteiger partial charge is 0.255 e. The zero-order valence-corrected chi connectivity index (χ0v) is 23.9. The summed E-state index contributed by atoms with van der Waals surface area (Å²) >= 11 is 0. The Hall–Kier alpha value is -3.49. The summed E-state index contributed by atoms with van der Waals surface area (Å²) in [5.41, 5.74) is 3.55. The molecular formula is C31H37N3O4S. The van der Waals surface area contributed by atoms with Gasteiger partial charge in [-0.2, -0.15) is 4.31 Å². The molecule has 8 heteroatoms. The highest BCUT2D eigenvalue weighted by Crippen LogP contribution is 2.26. The molecule has 39 heavy (non-hydrogen) atoms. The Kier molecular flexibility index (Phi) is 8.57. The van der Waals surface area contributed by atoms with Crippen LogP contribution in [0.1, 0.15) is 78.3 Å². The van der Waals surface area contributed by atoms with E-state index in [1.807, 2.05) is 12.1 Å². The van der Waals surface area contributed by atoms with Crippen molar-refractivity contribution in [3.8, 4) is 0 Å². The van der Waals surface area contributed by atoms with Crippen LogP contribution in [0.4, 0.5) is 11.4 Å². The number of anilines is 2. The number of amides is 2. The van der Waals surface area contributed by atoms with Crippen LogP contribution in [0.2, 0.25) is 0 Å². The Labute approximate surface area is 231 Å². The molecule has 0 radical (unpaired) electrons. The first-order valence-corrected chi connectivity index (χ1v) is 14.8. The molecule has 7 nitrogen and oxygen atoms in total. The van der Waals surface area contributed by atoms with Crippen LogP contribution in [0.5, 0.6) is 0 Å². The van der Waals surface area contributed by atoms with Crippen LogP contribution in [0, 0.1) is 6.92 Å². The van der Waals surface area contributed by atoms with Crippen LogP contribution in [-0.2, 0) is 15.4 Å². The fourth-order valence-electron chi connectivity index (χ4n) is 4.64. The molecule has 2 amide bonds. The van der Waals surface area contributed by atoms with E-state index in [2.05, 4.69) is 31.4 Å². The zero-order chi connectivity index (χ0) is 28.2. The van der Waals surface area contributed by atoms with E-state index >= 15 is 0 Å². The number of sulfonamides is 1. The van der Waals surface area contributed by atoms with E-state index < -0.39 is 15.9 Å². The summed E-state index contributed by atoms with van der Waals surface area (Å²) in [6.07, 6.45) is 3.73. The largest absolute Gasteiger partial charge is 0.322 e. The van der Waals surface area contributed by atoms with Gasteiger partial charge in [-0.15, -0.1) is 0 Å². The van der Waals surface area contributed by atoms with Gasteiger partial charge in [0, 0.05) is 35.6 Å². The van der Waals surface area contributed by atoms with Crippen molar-refractivity contribution < 1.29 is 18.0 Å².